The number of carbonyl (C=O) groups excluding carboxylic acids is 1. The number of alkyl halides is 1. The van der Waals surface area contributed by atoms with E-state index in [1.165, 1.54) is 0 Å². The summed E-state index contributed by atoms with van der Waals surface area (Å²) in [5, 5.41) is 0.800. The molecule has 76 valence electrons. The van der Waals surface area contributed by atoms with Crippen molar-refractivity contribution in [2.75, 3.05) is 12.4 Å². The molecule has 1 aromatic rings. The molecular formula is C10H10BrClO2. The van der Waals surface area contributed by atoms with Gasteiger partial charge in [-0.05, 0) is 19.1 Å². The summed E-state index contributed by atoms with van der Waals surface area (Å²) in [6.45, 7) is 1.84. The van der Waals surface area contributed by atoms with Crippen molar-refractivity contribution < 1.29 is 9.53 Å². The number of ether oxygens (including phenoxy) is 1. The molecule has 0 amide bonds. The highest BCUT2D eigenvalue weighted by Crippen LogP contribution is 2.27. The maximum atomic E-state index is 11.5. The fourth-order valence-electron chi connectivity index (χ4n) is 1.23. The van der Waals surface area contributed by atoms with Crippen molar-refractivity contribution in [3.05, 3.63) is 28.3 Å². The van der Waals surface area contributed by atoms with E-state index in [0.29, 0.717) is 16.3 Å². The maximum Gasteiger partial charge on any atom is 0.173 e. The molecule has 0 aliphatic heterocycles. The average molecular weight is 278 g/mol. The molecule has 0 radical (unpaired) electrons. The summed E-state index contributed by atoms with van der Waals surface area (Å²) in [6.07, 6.45) is 0. The first-order chi connectivity index (χ1) is 6.60. The van der Waals surface area contributed by atoms with E-state index in [2.05, 4.69) is 15.9 Å². The van der Waals surface area contributed by atoms with Crippen molar-refractivity contribution in [1.82, 2.24) is 0 Å². The van der Waals surface area contributed by atoms with E-state index in [1.54, 1.807) is 19.2 Å². The molecule has 4 heteroatoms. The van der Waals surface area contributed by atoms with Gasteiger partial charge < -0.3 is 4.74 Å². The van der Waals surface area contributed by atoms with Gasteiger partial charge in [0.15, 0.2) is 5.78 Å². The minimum Gasteiger partial charge on any atom is -0.496 e. The number of benzene rings is 1. The fraction of sp³-hybridized carbons (Fsp3) is 0.300. The monoisotopic (exact) mass is 276 g/mol. The number of halogens is 2. The van der Waals surface area contributed by atoms with E-state index in [1.807, 2.05) is 6.92 Å². The molecule has 2 nitrogen and oxygen atoms in total. The Hall–Kier alpha value is -0.540. The second-order valence-electron chi connectivity index (χ2n) is 2.84. The van der Waals surface area contributed by atoms with Crippen LogP contribution in [0.2, 0.25) is 5.02 Å². The van der Waals surface area contributed by atoms with Crippen LogP contribution in [-0.2, 0) is 0 Å². The molecule has 0 bridgehead atoms. The standard InChI is InChI=1S/C10H10BrClO2/c1-6-8(9(13)5-11)3-7(12)4-10(6)14-2/h3-4H,5H2,1-2H3. The first-order valence-electron chi connectivity index (χ1n) is 4.03. The summed E-state index contributed by atoms with van der Waals surface area (Å²) >= 11 is 8.98. The average Bonchev–Trinajstić information content (AvgIpc) is 2.19. The molecule has 0 unspecified atom stereocenters. The van der Waals surface area contributed by atoms with Crippen LogP contribution in [0, 0.1) is 6.92 Å². The Labute approximate surface area is 96.3 Å². The molecule has 0 N–H and O–H groups in total. The van der Waals surface area contributed by atoms with Gasteiger partial charge in [0.25, 0.3) is 0 Å². The molecule has 0 saturated heterocycles. The van der Waals surface area contributed by atoms with Crippen LogP contribution in [0.3, 0.4) is 0 Å². The molecule has 0 fully saturated rings. The van der Waals surface area contributed by atoms with Crippen LogP contribution in [0.15, 0.2) is 12.1 Å². The van der Waals surface area contributed by atoms with Crippen LogP contribution in [-0.4, -0.2) is 18.2 Å². The summed E-state index contributed by atoms with van der Waals surface area (Å²) in [7, 11) is 1.56. The first kappa shape index (κ1) is 11.5. The number of Topliss-reactive ketones (excluding diaryl/α,β-unsaturated/α-hetero) is 1. The van der Waals surface area contributed by atoms with Gasteiger partial charge in [0.1, 0.15) is 5.75 Å². The lowest BCUT2D eigenvalue weighted by Gasteiger charge is -2.09. The number of hydrogen-bond donors (Lipinski definition) is 0. The van der Waals surface area contributed by atoms with E-state index < -0.39 is 0 Å². The summed E-state index contributed by atoms with van der Waals surface area (Å²) in [6, 6.07) is 3.35. The Morgan fingerprint density at radius 3 is 2.71 bits per heavy atom. The largest absolute Gasteiger partial charge is 0.496 e. The Balaban J connectivity index is 3.29. The zero-order valence-corrected chi connectivity index (χ0v) is 10.3. The SMILES string of the molecule is COc1cc(Cl)cc(C(=O)CBr)c1C. The van der Waals surface area contributed by atoms with Crippen molar-refractivity contribution in [3.8, 4) is 5.75 Å². The Bertz CT molecular complexity index is 363. The van der Waals surface area contributed by atoms with Crippen LogP contribution in [0.4, 0.5) is 0 Å². The van der Waals surface area contributed by atoms with Gasteiger partial charge in [0.2, 0.25) is 0 Å². The lowest BCUT2D eigenvalue weighted by molar-refractivity contribution is 0.102. The van der Waals surface area contributed by atoms with Crippen LogP contribution >= 0.6 is 27.5 Å². The second-order valence-corrected chi connectivity index (χ2v) is 3.83. The quantitative estimate of drug-likeness (QED) is 0.626. The molecule has 0 spiro atoms. The molecule has 14 heavy (non-hydrogen) atoms. The minimum absolute atomic E-state index is 0.00306. The molecule has 0 aromatic heterocycles. The lowest BCUT2D eigenvalue weighted by Crippen LogP contribution is -2.04. The van der Waals surface area contributed by atoms with E-state index in [0.717, 1.165) is 5.56 Å². The van der Waals surface area contributed by atoms with E-state index in [-0.39, 0.29) is 11.1 Å². The summed E-state index contributed by atoms with van der Waals surface area (Å²) in [5.74, 6) is 0.644. The minimum atomic E-state index is 0.00306. The molecule has 0 aliphatic carbocycles. The van der Waals surface area contributed by atoms with Crippen molar-refractivity contribution in [2.45, 2.75) is 6.92 Å². The van der Waals surface area contributed by atoms with Gasteiger partial charge in [-0.15, -0.1) is 0 Å². The zero-order valence-electron chi connectivity index (χ0n) is 7.93. The normalized spacial score (nSPS) is 10.0. The van der Waals surface area contributed by atoms with E-state index >= 15 is 0 Å². The van der Waals surface area contributed by atoms with Gasteiger partial charge in [0, 0.05) is 16.1 Å². The van der Waals surface area contributed by atoms with Gasteiger partial charge >= 0.3 is 0 Å². The Morgan fingerprint density at radius 2 is 2.21 bits per heavy atom. The molecule has 1 aromatic carbocycles. The number of hydrogen-bond acceptors (Lipinski definition) is 2. The van der Waals surface area contributed by atoms with Gasteiger partial charge in [0.05, 0.1) is 12.4 Å². The van der Waals surface area contributed by atoms with Crippen LogP contribution < -0.4 is 4.74 Å². The predicted molar refractivity (Wildman–Crippen MR) is 60.9 cm³/mol. The van der Waals surface area contributed by atoms with Gasteiger partial charge in [-0.2, -0.15) is 0 Å². The van der Waals surface area contributed by atoms with Crippen molar-refractivity contribution in [3.63, 3.8) is 0 Å². The fourth-order valence-corrected chi connectivity index (χ4v) is 1.74. The Kier molecular flexibility index (Phi) is 3.96. The third-order valence-corrected chi connectivity index (χ3v) is 2.69. The predicted octanol–water partition coefficient (Wildman–Crippen LogP) is 3.23. The number of carbonyl (C=O) groups is 1. The van der Waals surface area contributed by atoms with Crippen molar-refractivity contribution >= 4 is 33.3 Å². The summed E-state index contributed by atoms with van der Waals surface area (Å²) < 4.78 is 5.11. The first-order valence-corrected chi connectivity index (χ1v) is 5.53. The molecule has 1 rings (SSSR count). The molecule has 0 saturated carbocycles. The number of ketones is 1. The van der Waals surface area contributed by atoms with Crippen molar-refractivity contribution in [2.24, 2.45) is 0 Å². The van der Waals surface area contributed by atoms with Crippen molar-refractivity contribution in [1.29, 1.82) is 0 Å². The summed E-state index contributed by atoms with van der Waals surface area (Å²) in [5.41, 5.74) is 1.42. The number of rotatable bonds is 3. The maximum absolute atomic E-state index is 11.5. The van der Waals surface area contributed by atoms with Gasteiger partial charge in [-0.25, -0.2) is 0 Å². The molecule has 0 atom stereocenters. The Morgan fingerprint density at radius 1 is 1.57 bits per heavy atom. The zero-order chi connectivity index (χ0) is 10.7. The van der Waals surface area contributed by atoms with E-state index in [9.17, 15) is 4.79 Å². The summed E-state index contributed by atoms with van der Waals surface area (Å²) in [4.78, 5) is 11.5. The van der Waals surface area contributed by atoms with Crippen LogP contribution in [0.5, 0.6) is 5.75 Å². The van der Waals surface area contributed by atoms with Gasteiger partial charge in [-0.3, -0.25) is 4.79 Å². The molecule has 0 aliphatic rings. The molecular weight excluding hydrogens is 267 g/mol. The van der Waals surface area contributed by atoms with E-state index in [4.69, 9.17) is 16.3 Å². The third kappa shape index (κ3) is 2.28. The smallest absolute Gasteiger partial charge is 0.173 e. The highest BCUT2D eigenvalue weighted by atomic mass is 79.9. The number of methoxy groups -OCH3 is 1. The highest BCUT2D eigenvalue weighted by Gasteiger charge is 2.12. The van der Waals surface area contributed by atoms with Crippen LogP contribution in [0.1, 0.15) is 15.9 Å². The topological polar surface area (TPSA) is 26.3 Å². The highest BCUT2D eigenvalue weighted by molar-refractivity contribution is 9.09. The lowest BCUT2D eigenvalue weighted by atomic mass is 10.0. The third-order valence-electron chi connectivity index (χ3n) is 1.97. The molecule has 0 heterocycles. The van der Waals surface area contributed by atoms with Gasteiger partial charge in [-0.1, -0.05) is 27.5 Å². The van der Waals surface area contributed by atoms with Crippen LogP contribution in [0.25, 0.3) is 0 Å². The second kappa shape index (κ2) is 4.80.